The summed E-state index contributed by atoms with van der Waals surface area (Å²) in [5, 5.41) is 10.9. The van der Waals surface area contributed by atoms with Gasteiger partial charge in [0.1, 0.15) is 6.61 Å². The summed E-state index contributed by atoms with van der Waals surface area (Å²) < 4.78 is 11.1. The molecule has 0 aliphatic carbocycles. The van der Waals surface area contributed by atoms with E-state index in [-0.39, 0.29) is 10.6 Å². The zero-order valence-corrected chi connectivity index (χ0v) is 13.2. The van der Waals surface area contributed by atoms with Crippen LogP contribution in [0.1, 0.15) is 24.5 Å². The molecule has 0 bridgehead atoms. The van der Waals surface area contributed by atoms with Gasteiger partial charge in [0.05, 0.1) is 12.0 Å². The van der Waals surface area contributed by atoms with Crippen molar-refractivity contribution < 1.29 is 14.4 Å². The van der Waals surface area contributed by atoms with Crippen LogP contribution in [0.3, 0.4) is 0 Å². The molecule has 23 heavy (non-hydrogen) atoms. The molecule has 0 aromatic heterocycles. The van der Waals surface area contributed by atoms with Crippen molar-refractivity contribution in [2.45, 2.75) is 20.0 Å². The van der Waals surface area contributed by atoms with Crippen LogP contribution < -0.4 is 9.47 Å². The summed E-state index contributed by atoms with van der Waals surface area (Å²) in [4.78, 5) is 10.6. The van der Waals surface area contributed by atoms with Gasteiger partial charge in [0.15, 0.2) is 11.5 Å². The largest absolute Gasteiger partial charge is 0.493 e. The van der Waals surface area contributed by atoms with E-state index in [1.807, 2.05) is 30.3 Å². The van der Waals surface area contributed by atoms with E-state index in [0.29, 0.717) is 30.1 Å². The van der Waals surface area contributed by atoms with Crippen LogP contribution in [-0.2, 0) is 6.61 Å². The fourth-order valence-corrected chi connectivity index (χ4v) is 2.11. The van der Waals surface area contributed by atoms with Crippen LogP contribution >= 0.6 is 0 Å². The van der Waals surface area contributed by atoms with Crippen LogP contribution in [0.15, 0.2) is 54.2 Å². The van der Waals surface area contributed by atoms with Gasteiger partial charge in [-0.2, -0.15) is 0 Å². The topological polar surface area (TPSA) is 61.6 Å². The number of hydrogen-bond donors (Lipinski definition) is 0. The SMILES string of the molecule is CCC(=Cc1ccc(OC)c(OCc2ccccc2)c1)[N+](=O)[O-]. The van der Waals surface area contributed by atoms with Crippen molar-refractivity contribution in [1.82, 2.24) is 0 Å². The highest BCUT2D eigenvalue weighted by atomic mass is 16.6. The Hall–Kier alpha value is -2.82. The number of ether oxygens (including phenoxy) is 2. The Bertz CT molecular complexity index is 695. The molecule has 2 rings (SSSR count). The van der Waals surface area contributed by atoms with Crippen LogP contribution in [0, 0.1) is 10.1 Å². The molecule has 0 aliphatic rings. The molecule has 0 heterocycles. The van der Waals surface area contributed by atoms with Gasteiger partial charge >= 0.3 is 0 Å². The van der Waals surface area contributed by atoms with Gasteiger partial charge in [-0.25, -0.2) is 0 Å². The first-order valence-electron chi connectivity index (χ1n) is 7.33. The Morgan fingerprint density at radius 2 is 1.91 bits per heavy atom. The van der Waals surface area contributed by atoms with E-state index >= 15 is 0 Å². The lowest BCUT2D eigenvalue weighted by Gasteiger charge is -2.11. The van der Waals surface area contributed by atoms with E-state index in [4.69, 9.17) is 9.47 Å². The Morgan fingerprint density at radius 1 is 1.17 bits per heavy atom. The third-order valence-electron chi connectivity index (χ3n) is 3.35. The third-order valence-corrected chi connectivity index (χ3v) is 3.35. The fourth-order valence-electron chi connectivity index (χ4n) is 2.11. The zero-order valence-electron chi connectivity index (χ0n) is 13.2. The van der Waals surface area contributed by atoms with E-state index in [0.717, 1.165) is 5.56 Å². The monoisotopic (exact) mass is 313 g/mol. The fraction of sp³-hybridized carbons (Fsp3) is 0.222. The van der Waals surface area contributed by atoms with Crippen molar-refractivity contribution in [1.29, 1.82) is 0 Å². The molecule has 2 aromatic rings. The molecule has 0 radical (unpaired) electrons. The molecule has 0 aliphatic heterocycles. The first-order chi connectivity index (χ1) is 11.1. The number of hydrogen-bond acceptors (Lipinski definition) is 4. The second kappa shape index (κ2) is 7.98. The average molecular weight is 313 g/mol. The van der Waals surface area contributed by atoms with Gasteiger partial charge in [0, 0.05) is 12.5 Å². The summed E-state index contributed by atoms with van der Waals surface area (Å²) in [6.07, 6.45) is 1.91. The van der Waals surface area contributed by atoms with Crippen molar-refractivity contribution in [3.05, 3.63) is 75.5 Å². The van der Waals surface area contributed by atoms with E-state index in [1.54, 1.807) is 38.3 Å². The molecule has 0 saturated carbocycles. The summed E-state index contributed by atoms with van der Waals surface area (Å²) >= 11 is 0. The molecule has 5 heteroatoms. The van der Waals surface area contributed by atoms with Crippen LogP contribution in [0.5, 0.6) is 11.5 Å². The van der Waals surface area contributed by atoms with Gasteiger partial charge in [-0.1, -0.05) is 43.3 Å². The maximum atomic E-state index is 10.9. The van der Waals surface area contributed by atoms with Crippen molar-refractivity contribution in [2.75, 3.05) is 7.11 Å². The minimum Gasteiger partial charge on any atom is -0.493 e. The lowest BCUT2D eigenvalue weighted by molar-refractivity contribution is -0.425. The molecule has 0 atom stereocenters. The first-order valence-corrected chi connectivity index (χ1v) is 7.33. The lowest BCUT2D eigenvalue weighted by atomic mass is 10.1. The van der Waals surface area contributed by atoms with E-state index < -0.39 is 0 Å². The average Bonchev–Trinajstić information content (AvgIpc) is 2.58. The van der Waals surface area contributed by atoms with Gasteiger partial charge in [-0.3, -0.25) is 10.1 Å². The van der Waals surface area contributed by atoms with Crippen LogP contribution in [0.2, 0.25) is 0 Å². The predicted octanol–water partition coefficient (Wildman–Crippen LogP) is 4.30. The van der Waals surface area contributed by atoms with Crippen molar-refractivity contribution in [3.8, 4) is 11.5 Å². The molecule has 0 amide bonds. The van der Waals surface area contributed by atoms with E-state index in [9.17, 15) is 10.1 Å². The number of nitrogens with zero attached hydrogens (tertiary/aromatic N) is 1. The maximum Gasteiger partial charge on any atom is 0.246 e. The molecule has 0 fully saturated rings. The molecule has 2 aromatic carbocycles. The van der Waals surface area contributed by atoms with E-state index in [2.05, 4.69) is 0 Å². The van der Waals surface area contributed by atoms with Crippen LogP contribution in [0.25, 0.3) is 6.08 Å². The van der Waals surface area contributed by atoms with E-state index in [1.165, 1.54) is 0 Å². The molecular formula is C18H19NO4. The Balaban J connectivity index is 2.23. The summed E-state index contributed by atoms with van der Waals surface area (Å²) in [5.41, 5.74) is 1.90. The maximum absolute atomic E-state index is 10.9. The predicted molar refractivity (Wildman–Crippen MR) is 89.0 cm³/mol. The van der Waals surface area contributed by atoms with Gasteiger partial charge in [-0.05, 0) is 23.3 Å². The smallest absolute Gasteiger partial charge is 0.246 e. The standard InChI is InChI=1S/C18H19NO4/c1-3-16(19(20)21)11-15-9-10-17(22-2)18(12-15)23-13-14-7-5-4-6-8-14/h4-12H,3,13H2,1-2H3. The molecule has 0 unspecified atom stereocenters. The summed E-state index contributed by atoms with van der Waals surface area (Å²) in [6, 6.07) is 15.0. The van der Waals surface area contributed by atoms with Gasteiger partial charge in [0.2, 0.25) is 5.70 Å². The number of methoxy groups -OCH3 is 1. The lowest BCUT2D eigenvalue weighted by Crippen LogP contribution is -1.99. The minimum atomic E-state index is -0.366. The molecule has 120 valence electrons. The van der Waals surface area contributed by atoms with Gasteiger partial charge in [-0.15, -0.1) is 0 Å². The molecule has 0 N–H and O–H groups in total. The molecule has 5 nitrogen and oxygen atoms in total. The summed E-state index contributed by atoms with van der Waals surface area (Å²) in [6.45, 7) is 2.16. The van der Waals surface area contributed by atoms with Crippen molar-refractivity contribution in [3.63, 3.8) is 0 Å². The number of rotatable bonds is 7. The summed E-state index contributed by atoms with van der Waals surface area (Å²) in [5.74, 6) is 1.15. The number of benzene rings is 2. The zero-order chi connectivity index (χ0) is 16.7. The molecule has 0 saturated heterocycles. The first kappa shape index (κ1) is 16.5. The van der Waals surface area contributed by atoms with Crippen LogP contribution in [0.4, 0.5) is 0 Å². The van der Waals surface area contributed by atoms with Crippen molar-refractivity contribution in [2.24, 2.45) is 0 Å². The van der Waals surface area contributed by atoms with Gasteiger partial charge in [0.25, 0.3) is 0 Å². The Kier molecular flexibility index (Phi) is 5.74. The number of nitro groups is 1. The van der Waals surface area contributed by atoms with Crippen molar-refractivity contribution >= 4 is 6.08 Å². The highest BCUT2D eigenvalue weighted by Crippen LogP contribution is 2.30. The minimum absolute atomic E-state index is 0.157. The number of allylic oxidation sites excluding steroid dienone is 1. The van der Waals surface area contributed by atoms with Crippen LogP contribution in [-0.4, -0.2) is 12.0 Å². The second-order valence-corrected chi connectivity index (χ2v) is 4.93. The molecule has 0 spiro atoms. The Labute approximate surface area is 135 Å². The quantitative estimate of drug-likeness (QED) is 0.564. The van der Waals surface area contributed by atoms with Gasteiger partial charge < -0.3 is 9.47 Å². The third kappa shape index (κ3) is 4.57. The highest BCUT2D eigenvalue weighted by Gasteiger charge is 2.10. The highest BCUT2D eigenvalue weighted by molar-refractivity contribution is 5.57. The summed E-state index contributed by atoms with van der Waals surface area (Å²) in [7, 11) is 1.56. The molecular weight excluding hydrogens is 294 g/mol. The Morgan fingerprint density at radius 3 is 2.52 bits per heavy atom. The normalized spacial score (nSPS) is 11.1. The second-order valence-electron chi connectivity index (χ2n) is 4.93.